The molecule has 124 valence electrons. The van der Waals surface area contributed by atoms with Crippen LogP contribution < -0.4 is 10.6 Å². The third-order valence-corrected chi connectivity index (χ3v) is 3.67. The lowest BCUT2D eigenvalue weighted by Gasteiger charge is -2.09. The number of carbonyl (C=O) groups is 1. The van der Waals surface area contributed by atoms with Crippen LogP contribution >= 0.6 is 0 Å². The smallest absolute Gasteiger partial charge is 0.254 e. The number of ether oxygens (including phenoxy) is 1. The maximum absolute atomic E-state index is 12.3. The van der Waals surface area contributed by atoms with Crippen molar-refractivity contribution in [2.45, 2.75) is 13.8 Å². The normalized spacial score (nSPS) is 10.7. The Kier molecular flexibility index (Phi) is 6.31. The van der Waals surface area contributed by atoms with Gasteiger partial charge >= 0.3 is 0 Å². The molecule has 1 heterocycles. The molecule has 1 amide bonds. The van der Waals surface area contributed by atoms with Gasteiger partial charge in [-0.25, -0.2) is 4.68 Å². The average molecular weight is 316 g/mol. The molecule has 0 aliphatic rings. The van der Waals surface area contributed by atoms with Crippen LogP contribution in [0.5, 0.6) is 0 Å². The molecule has 0 atom stereocenters. The summed E-state index contributed by atoms with van der Waals surface area (Å²) in [5.41, 5.74) is 3.55. The molecule has 0 radical (unpaired) electrons. The Morgan fingerprint density at radius 1 is 1.22 bits per heavy atom. The van der Waals surface area contributed by atoms with E-state index in [-0.39, 0.29) is 5.91 Å². The first kappa shape index (κ1) is 17.2. The summed E-state index contributed by atoms with van der Waals surface area (Å²) in [7, 11) is 1.67. The van der Waals surface area contributed by atoms with Gasteiger partial charge in [0.15, 0.2) is 0 Å². The monoisotopic (exact) mass is 316 g/mol. The van der Waals surface area contributed by atoms with Crippen LogP contribution in [0, 0.1) is 13.8 Å². The lowest BCUT2D eigenvalue weighted by atomic mass is 10.2. The zero-order valence-electron chi connectivity index (χ0n) is 13.9. The van der Waals surface area contributed by atoms with E-state index in [0.717, 1.165) is 23.5 Å². The second-order valence-electron chi connectivity index (χ2n) is 5.34. The van der Waals surface area contributed by atoms with Gasteiger partial charge in [-0.1, -0.05) is 18.2 Å². The minimum Gasteiger partial charge on any atom is -0.383 e. The van der Waals surface area contributed by atoms with Gasteiger partial charge in [0, 0.05) is 26.7 Å². The molecule has 2 N–H and O–H groups in total. The topological polar surface area (TPSA) is 68.2 Å². The Labute approximate surface area is 136 Å². The van der Waals surface area contributed by atoms with Gasteiger partial charge in [-0.15, -0.1) is 0 Å². The summed E-state index contributed by atoms with van der Waals surface area (Å²) >= 11 is 0. The van der Waals surface area contributed by atoms with E-state index in [4.69, 9.17) is 4.74 Å². The number of benzene rings is 1. The van der Waals surface area contributed by atoms with E-state index in [1.54, 1.807) is 18.0 Å². The summed E-state index contributed by atoms with van der Waals surface area (Å²) in [4.78, 5) is 12.3. The molecule has 6 heteroatoms. The van der Waals surface area contributed by atoms with E-state index in [0.29, 0.717) is 25.3 Å². The van der Waals surface area contributed by atoms with Gasteiger partial charge in [0.25, 0.3) is 5.91 Å². The summed E-state index contributed by atoms with van der Waals surface area (Å²) < 4.78 is 6.75. The Bertz CT molecular complexity index is 652. The summed E-state index contributed by atoms with van der Waals surface area (Å²) in [5.74, 6) is -0.101. The molecule has 2 rings (SSSR count). The van der Waals surface area contributed by atoms with Crippen molar-refractivity contribution in [3.63, 3.8) is 0 Å². The van der Waals surface area contributed by atoms with Crippen molar-refractivity contribution >= 4 is 5.91 Å². The Balaban J connectivity index is 1.96. The molecular weight excluding hydrogens is 292 g/mol. The fraction of sp³-hybridized carbons (Fsp3) is 0.412. The number of nitrogens with one attached hydrogen (secondary N) is 2. The van der Waals surface area contributed by atoms with Crippen LogP contribution in [-0.2, 0) is 4.74 Å². The first-order valence-corrected chi connectivity index (χ1v) is 7.73. The van der Waals surface area contributed by atoms with Crippen LogP contribution in [-0.4, -0.2) is 49.0 Å². The Morgan fingerprint density at radius 2 is 2.00 bits per heavy atom. The van der Waals surface area contributed by atoms with Gasteiger partial charge in [0.2, 0.25) is 0 Å². The minimum absolute atomic E-state index is 0.101. The summed E-state index contributed by atoms with van der Waals surface area (Å²) in [6.45, 7) is 6.65. The average Bonchev–Trinajstić information content (AvgIpc) is 2.92. The van der Waals surface area contributed by atoms with Crippen LogP contribution in [0.2, 0.25) is 0 Å². The molecule has 0 unspecified atom stereocenters. The van der Waals surface area contributed by atoms with Gasteiger partial charge in [-0.05, 0) is 25.5 Å². The maximum Gasteiger partial charge on any atom is 0.254 e. The van der Waals surface area contributed by atoms with E-state index in [2.05, 4.69) is 15.7 Å². The fourth-order valence-electron chi connectivity index (χ4n) is 2.34. The molecule has 0 aliphatic heterocycles. The lowest BCUT2D eigenvalue weighted by Crippen LogP contribution is -2.33. The standard InChI is InChI=1S/C17H24N4O2/c1-13-6-4-5-7-16(13)21-14(2)15(12-20-21)17(22)19-9-8-18-10-11-23-3/h4-7,12,18H,8-11H2,1-3H3,(H,19,22). The zero-order chi connectivity index (χ0) is 16.7. The molecule has 0 saturated heterocycles. The number of hydrogen-bond acceptors (Lipinski definition) is 4. The molecule has 6 nitrogen and oxygen atoms in total. The van der Waals surface area contributed by atoms with Gasteiger partial charge < -0.3 is 15.4 Å². The SMILES string of the molecule is COCCNCCNC(=O)c1cnn(-c2ccccc2C)c1C. The Morgan fingerprint density at radius 3 is 2.74 bits per heavy atom. The number of methoxy groups -OCH3 is 1. The number of nitrogens with zero attached hydrogens (tertiary/aromatic N) is 2. The van der Waals surface area contributed by atoms with E-state index < -0.39 is 0 Å². The first-order chi connectivity index (χ1) is 11.1. The number of carbonyl (C=O) groups excluding carboxylic acids is 1. The number of aromatic nitrogens is 2. The van der Waals surface area contributed by atoms with Gasteiger partial charge in [-0.3, -0.25) is 4.79 Å². The molecule has 0 aliphatic carbocycles. The lowest BCUT2D eigenvalue weighted by molar-refractivity contribution is 0.0953. The highest BCUT2D eigenvalue weighted by molar-refractivity contribution is 5.95. The zero-order valence-corrected chi connectivity index (χ0v) is 13.9. The summed E-state index contributed by atoms with van der Waals surface area (Å²) in [6.07, 6.45) is 1.62. The highest BCUT2D eigenvalue weighted by atomic mass is 16.5. The third-order valence-electron chi connectivity index (χ3n) is 3.67. The number of amides is 1. The number of aryl methyl sites for hydroxylation is 1. The second-order valence-corrected chi connectivity index (χ2v) is 5.34. The molecule has 2 aromatic rings. The van der Waals surface area contributed by atoms with Crippen LogP contribution in [0.3, 0.4) is 0 Å². The van der Waals surface area contributed by atoms with Gasteiger partial charge in [-0.2, -0.15) is 5.10 Å². The Hall–Kier alpha value is -2.18. The fourth-order valence-corrected chi connectivity index (χ4v) is 2.34. The van der Waals surface area contributed by atoms with E-state index in [1.807, 2.05) is 38.1 Å². The first-order valence-electron chi connectivity index (χ1n) is 7.73. The van der Waals surface area contributed by atoms with Crippen molar-refractivity contribution in [2.75, 3.05) is 33.4 Å². The summed E-state index contributed by atoms with van der Waals surface area (Å²) in [6, 6.07) is 7.98. The van der Waals surface area contributed by atoms with Crippen LogP contribution in [0.15, 0.2) is 30.5 Å². The van der Waals surface area contributed by atoms with Crippen LogP contribution in [0.25, 0.3) is 5.69 Å². The maximum atomic E-state index is 12.3. The quantitative estimate of drug-likeness (QED) is 0.724. The van der Waals surface area contributed by atoms with Crippen molar-refractivity contribution in [1.82, 2.24) is 20.4 Å². The number of rotatable bonds is 8. The summed E-state index contributed by atoms with van der Waals surface area (Å²) in [5, 5.41) is 10.4. The largest absolute Gasteiger partial charge is 0.383 e. The van der Waals surface area contributed by atoms with Crippen molar-refractivity contribution in [1.29, 1.82) is 0 Å². The van der Waals surface area contributed by atoms with Crippen molar-refractivity contribution in [3.05, 3.63) is 47.3 Å². The molecule has 0 spiro atoms. The number of para-hydroxylation sites is 1. The van der Waals surface area contributed by atoms with E-state index in [9.17, 15) is 4.79 Å². The predicted molar refractivity (Wildman–Crippen MR) is 90.1 cm³/mol. The molecule has 0 fully saturated rings. The molecule has 0 saturated carbocycles. The van der Waals surface area contributed by atoms with E-state index >= 15 is 0 Å². The third kappa shape index (κ3) is 4.40. The van der Waals surface area contributed by atoms with Gasteiger partial charge in [0.1, 0.15) is 0 Å². The van der Waals surface area contributed by atoms with Crippen molar-refractivity contribution in [2.24, 2.45) is 0 Å². The molecule has 1 aromatic heterocycles. The highest BCUT2D eigenvalue weighted by Crippen LogP contribution is 2.17. The second kappa shape index (κ2) is 8.45. The van der Waals surface area contributed by atoms with Crippen LogP contribution in [0.4, 0.5) is 0 Å². The van der Waals surface area contributed by atoms with Crippen molar-refractivity contribution < 1.29 is 9.53 Å². The van der Waals surface area contributed by atoms with Gasteiger partial charge in [0.05, 0.1) is 29.7 Å². The molecule has 1 aromatic carbocycles. The van der Waals surface area contributed by atoms with Crippen molar-refractivity contribution in [3.8, 4) is 5.69 Å². The highest BCUT2D eigenvalue weighted by Gasteiger charge is 2.15. The molecular formula is C17H24N4O2. The minimum atomic E-state index is -0.101. The van der Waals surface area contributed by atoms with Crippen LogP contribution in [0.1, 0.15) is 21.6 Å². The number of hydrogen-bond donors (Lipinski definition) is 2. The van der Waals surface area contributed by atoms with E-state index in [1.165, 1.54) is 0 Å². The predicted octanol–water partition coefficient (Wildman–Crippen LogP) is 1.45. The molecule has 0 bridgehead atoms. The molecule has 23 heavy (non-hydrogen) atoms.